The summed E-state index contributed by atoms with van der Waals surface area (Å²) in [6.07, 6.45) is 17.1. The molecule has 4 rings (SSSR count). The molecule has 3 nitrogen and oxygen atoms in total. The van der Waals surface area contributed by atoms with Crippen LogP contribution in [0.5, 0.6) is 0 Å². The van der Waals surface area contributed by atoms with Gasteiger partial charge in [0.25, 0.3) is 0 Å². The van der Waals surface area contributed by atoms with Gasteiger partial charge in [-0.1, -0.05) is 61.2 Å². The molecule has 0 bridgehead atoms. The van der Waals surface area contributed by atoms with Crippen LogP contribution < -0.4 is 4.90 Å². The molecule has 0 radical (unpaired) electrons. The average Bonchev–Trinajstić information content (AvgIpc) is 2.85. The largest absolute Gasteiger partial charge is 0.317 e. The highest BCUT2D eigenvalue weighted by Gasteiger charge is 2.09. The number of hydrogen-bond donors (Lipinski definition) is 0. The van der Waals surface area contributed by atoms with Gasteiger partial charge >= 0.3 is 0 Å². The minimum absolute atomic E-state index is 1.05. The molecular weight excluding hydrogens is 378 g/mol. The van der Waals surface area contributed by atoms with Crippen LogP contribution in [0.15, 0.2) is 135 Å². The van der Waals surface area contributed by atoms with E-state index in [2.05, 4.69) is 70.1 Å². The molecule has 0 amide bonds. The number of allylic oxidation sites excluding steroid dienone is 4. The smallest absolute Gasteiger partial charge is 0.0461 e. The monoisotopic (exact) mass is 401 g/mol. The number of para-hydroxylation sites is 1. The van der Waals surface area contributed by atoms with Gasteiger partial charge in [-0.3, -0.25) is 9.97 Å². The summed E-state index contributed by atoms with van der Waals surface area (Å²) in [5.74, 6) is 0. The van der Waals surface area contributed by atoms with Crippen molar-refractivity contribution in [3.8, 4) is 22.3 Å². The van der Waals surface area contributed by atoms with Crippen LogP contribution >= 0.6 is 0 Å². The Morgan fingerprint density at radius 1 is 0.613 bits per heavy atom. The highest BCUT2D eigenvalue weighted by Crippen LogP contribution is 2.31. The van der Waals surface area contributed by atoms with Crippen LogP contribution in [0, 0.1) is 0 Å². The first kappa shape index (κ1) is 20.0. The molecule has 2 aromatic carbocycles. The Balaban J connectivity index is 1.71. The molecular formula is C28H23N3. The Morgan fingerprint density at radius 3 is 2.13 bits per heavy atom. The molecule has 0 saturated carbocycles. The van der Waals surface area contributed by atoms with E-state index in [-0.39, 0.29) is 0 Å². The lowest BCUT2D eigenvalue weighted by atomic mass is 10.0. The molecule has 0 unspecified atom stereocenters. The van der Waals surface area contributed by atoms with E-state index in [0.717, 1.165) is 33.6 Å². The Kier molecular flexibility index (Phi) is 6.46. The number of hydrogen-bond acceptors (Lipinski definition) is 3. The van der Waals surface area contributed by atoms with E-state index < -0.39 is 0 Å². The first-order valence-electron chi connectivity index (χ1n) is 10.1. The molecule has 2 aromatic heterocycles. The summed E-state index contributed by atoms with van der Waals surface area (Å²) < 4.78 is 0. The van der Waals surface area contributed by atoms with E-state index in [1.807, 2.05) is 67.2 Å². The maximum Gasteiger partial charge on any atom is 0.0461 e. The van der Waals surface area contributed by atoms with Gasteiger partial charge in [0.15, 0.2) is 0 Å². The van der Waals surface area contributed by atoms with Crippen molar-refractivity contribution in [3.05, 3.63) is 135 Å². The van der Waals surface area contributed by atoms with Gasteiger partial charge in [0, 0.05) is 59.1 Å². The number of aromatic nitrogens is 2. The fourth-order valence-corrected chi connectivity index (χ4v) is 3.31. The van der Waals surface area contributed by atoms with Gasteiger partial charge in [-0.15, -0.1) is 0 Å². The second kappa shape index (κ2) is 9.99. The number of nitrogens with zero attached hydrogens (tertiary/aromatic N) is 3. The summed E-state index contributed by atoms with van der Waals surface area (Å²) >= 11 is 0. The molecule has 0 aliphatic rings. The van der Waals surface area contributed by atoms with Crippen molar-refractivity contribution < 1.29 is 0 Å². The molecule has 150 valence electrons. The minimum atomic E-state index is 1.05. The van der Waals surface area contributed by atoms with E-state index in [9.17, 15) is 0 Å². The molecule has 2 heterocycles. The van der Waals surface area contributed by atoms with Crippen LogP contribution in [0.3, 0.4) is 0 Å². The van der Waals surface area contributed by atoms with Crippen LogP contribution in [-0.2, 0) is 0 Å². The number of benzene rings is 2. The summed E-state index contributed by atoms with van der Waals surface area (Å²) in [4.78, 5) is 10.9. The van der Waals surface area contributed by atoms with Crippen LogP contribution in [0.2, 0.25) is 0 Å². The third-order valence-corrected chi connectivity index (χ3v) is 4.82. The second-order valence-electron chi connectivity index (χ2n) is 6.92. The molecule has 0 saturated heterocycles. The topological polar surface area (TPSA) is 29.0 Å². The Bertz CT molecular complexity index is 1200. The van der Waals surface area contributed by atoms with Gasteiger partial charge in [0.2, 0.25) is 0 Å². The molecule has 0 aliphatic heterocycles. The van der Waals surface area contributed by atoms with Crippen molar-refractivity contribution in [1.82, 2.24) is 9.97 Å². The van der Waals surface area contributed by atoms with Crippen molar-refractivity contribution in [3.63, 3.8) is 0 Å². The van der Waals surface area contributed by atoms with E-state index in [1.54, 1.807) is 12.3 Å². The summed E-state index contributed by atoms with van der Waals surface area (Å²) in [6, 6.07) is 24.9. The maximum absolute atomic E-state index is 4.47. The molecule has 0 aliphatic carbocycles. The zero-order valence-corrected chi connectivity index (χ0v) is 17.2. The summed E-state index contributed by atoms with van der Waals surface area (Å²) in [6.45, 7) is 3.72. The standard InChI is InChI=1S/C28H23N3/c1-2-3-4-8-17-31(27-13-6-5-7-14-27)28-15-9-11-23(19-28)25-18-26(22-30-21-25)24-12-10-16-29-20-24/h2-22H,1H2/b4-3-,17-8+. The lowest BCUT2D eigenvalue weighted by Crippen LogP contribution is -2.08. The number of rotatable bonds is 7. The molecule has 0 spiro atoms. The average molecular weight is 402 g/mol. The normalized spacial score (nSPS) is 11.1. The fraction of sp³-hybridized carbons (Fsp3) is 0. The van der Waals surface area contributed by atoms with Crippen molar-refractivity contribution in [2.75, 3.05) is 4.90 Å². The molecule has 0 atom stereocenters. The highest BCUT2D eigenvalue weighted by atomic mass is 15.1. The van der Waals surface area contributed by atoms with Gasteiger partial charge < -0.3 is 4.90 Å². The minimum Gasteiger partial charge on any atom is -0.317 e. The van der Waals surface area contributed by atoms with Crippen LogP contribution in [0.4, 0.5) is 11.4 Å². The van der Waals surface area contributed by atoms with Gasteiger partial charge in [0.1, 0.15) is 0 Å². The molecule has 0 fully saturated rings. The van der Waals surface area contributed by atoms with Crippen LogP contribution in [-0.4, -0.2) is 9.97 Å². The third kappa shape index (κ3) is 5.03. The van der Waals surface area contributed by atoms with Crippen molar-refractivity contribution in [2.24, 2.45) is 0 Å². The lowest BCUT2D eigenvalue weighted by molar-refractivity contribution is 1.28. The maximum atomic E-state index is 4.47. The Hall–Kier alpha value is -4.24. The van der Waals surface area contributed by atoms with E-state index in [1.165, 1.54) is 0 Å². The Labute approximate surface area is 183 Å². The zero-order chi connectivity index (χ0) is 21.3. The van der Waals surface area contributed by atoms with Gasteiger partial charge in [-0.2, -0.15) is 0 Å². The molecule has 31 heavy (non-hydrogen) atoms. The number of pyridine rings is 2. The molecule has 3 heteroatoms. The molecule has 4 aromatic rings. The fourth-order valence-electron chi connectivity index (χ4n) is 3.31. The lowest BCUT2D eigenvalue weighted by Gasteiger charge is -2.21. The Morgan fingerprint density at radius 2 is 1.35 bits per heavy atom. The summed E-state index contributed by atoms with van der Waals surface area (Å²) in [7, 11) is 0. The summed E-state index contributed by atoms with van der Waals surface area (Å²) in [5, 5.41) is 0. The van der Waals surface area contributed by atoms with Gasteiger partial charge in [-0.25, -0.2) is 0 Å². The third-order valence-electron chi connectivity index (χ3n) is 4.82. The van der Waals surface area contributed by atoms with Crippen LogP contribution in [0.1, 0.15) is 0 Å². The van der Waals surface area contributed by atoms with E-state index in [0.29, 0.717) is 0 Å². The number of anilines is 2. The van der Waals surface area contributed by atoms with E-state index >= 15 is 0 Å². The van der Waals surface area contributed by atoms with Crippen molar-refractivity contribution in [2.45, 2.75) is 0 Å². The SMILES string of the molecule is C=C/C=C\C=C\N(c1ccccc1)c1cccc(-c2cncc(-c3cccnc3)c2)c1. The van der Waals surface area contributed by atoms with Crippen molar-refractivity contribution in [1.29, 1.82) is 0 Å². The predicted molar refractivity (Wildman–Crippen MR) is 130 cm³/mol. The van der Waals surface area contributed by atoms with Crippen LogP contribution in [0.25, 0.3) is 22.3 Å². The van der Waals surface area contributed by atoms with Gasteiger partial charge in [-0.05, 0) is 48.0 Å². The van der Waals surface area contributed by atoms with E-state index in [4.69, 9.17) is 0 Å². The predicted octanol–water partition coefficient (Wildman–Crippen LogP) is 7.20. The highest BCUT2D eigenvalue weighted by molar-refractivity contribution is 5.76. The first-order chi connectivity index (χ1) is 15.3. The summed E-state index contributed by atoms with van der Waals surface area (Å²) in [5.41, 5.74) is 6.42. The zero-order valence-electron chi connectivity index (χ0n) is 17.2. The quantitative estimate of drug-likeness (QED) is 0.307. The molecule has 0 N–H and O–H groups in total. The first-order valence-corrected chi connectivity index (χ1v) is 10.1. The second-order valence-corrected chi connectivity index (χ2v) is 6.92. The van der Waals surface area contributed by atoms with Gasteiger partial charge in [0.05, 0.1) is 0 Å². The van der Waals surface area contributed by atoms with Crippen molar-refractivity contribution >= 4 is 11.4 Å².